The zero-order valence-corrected chi connectivity index (χ0v) is 12.6. The Bertz CT molecular complexity index is 517. The number of amides is 1. The molecule has 1 atom stereocenters. The quantitative estimate of drug-likeness (QED) is 0.748. The molecule has 2 aliphatic rings. The van der Waals surface area contributed by atoms with Crippen LogP contribution >= 0.6 is 0 Å². The second kappa shape index (κ2) is 6.33. The normalized spacial score (nSPS) is 20.5. The maximum atomic E-state index is 12.6. The predicted octanol–water partition coefficient (Wildman–Crippen LogP) is 3.54. The molecule has 0 N–H and O–H groups in total. The monoisotopic (exact) mass is 285 g/mol. The van der Waals surface area contributed by atoms with Gasteiger partial charge in [0.1, 0.15) is 5.75 Å². The minimum Gasteiger partial charge on any atom is -0.497 e. The van der Waals surface area contributed by atoms with Gasteiger partial charge >= 0.3 is 0 Å². The molecule has 0 saturated heterocycles. The van der Waals surface area contributed by atoms with Gasteiger partial charge in [-0.1, -0.05) is 24.3 Å². The molecule has 1 unspecified atom stereocenters. The summed E-state index contributed by atoms with van der Waals surface area (Å²) in [6.45, 7) is 0.726. The van der Waals surface area contributed by atoms with Gasteiger partial charge in [0.15, 0.2) is 0 Å². The first-order chi connectivity index (χ1) is 10.3. The molecular formula is C18H23NO2. The van der Waals surface area contributed by atoms with Crippen LogP contribution in [-0.2, 0) is 11.3 Å². The van der Waals surface area contributed by atoms with Crippen molar-refractivity contribution in [2.24, 2.45) is 5.92 Å². The zero-order chi connectivity index (χ0) is 14.7. The second-order valence-electron chi connectivity index (χ2n) is 6.07. The molecule has 3 nitrogen and oxygen atoms in total. The van der Waals surface area contributed by atoms with Crippen molar-refractivity contribution in [3.63, 3.8) is 0 Å². The fraction of sp³-hybridized carbons (Fsp3) is 0.500. The number of methoxy groups -OCH3 is 1. The van der Waals surface area contributed by atoms with Crippen molar-refractivity contribution in [3.05, 3.63) is 42.0 Å². The summed E-state index contributed by atoms with van der Waals surface area (Å²) in [5.41, 5.74) is 1.18. The van der Waals surface area contributed by atoms with Crippen molar-refractivity contribution < 1.29 is 9.53 Å². The van der Waals surface area contributed by atoms with E-state index in [1.807, 2.05) is 12.1 Å². The summed E-state index contributed by atoms with van der Waals surface area (Å²) in [6.07, 6.45) is 9.64. The number of allylic oxidation sites excluding steroid dienone is 2. The average molecular weight is 285 g/mol. The van der Waals surface area contributed by atoms with Gasteiger partial charge < -0.3 is 9.64 Å². The Labute approximate surface area is 126 Å². The number of hydrogen-bond acceptors (Lipinski definition) is 2. The highest BCUT2D eigenvalue weighted by atomic mass is 16.5. The topological polar surface area (TPSA) is 29.5 Å². The number of ether oxygens (including phenoxy) is 1. The van der Waals surface area contributed by atoms with E-state index in [9.17, 15) is 4.79 Å². The predicted molar refractivity (Wildman–Crippen MR) is 83.0 cm³/mol. The Balaban J connectivity index is 1.63. The molecular weight excluding hydrogens is 262 g/mol. The van der Waals surface area contributed by atoms with Gasteiger partial charge in [0.25, 0.3) is 0 Å². The van der Waals surface area contributed by atoms with E-state index in [-0.39, 0.29) is 0 Å². The van der Waals surface area contributed by atoms with Gasteiger partial charge in [-0.3, -0.25) is 4.79 Å². The van der Waals surface area contributed by atoms with Crippen LogP contribution in [0.15, 0.2) is 36.4 Å². The van der Waals surface area contributed by atoms with E-state index in [4.69, 9.17) is 4.74 Å². The van der Waals surface area contributed by atoms with E-state index in [0.29, 0.717) is 24.3 Å². The van der Waals surface area contributed by atoms with Crippen LogP contribution in [0.3, 0.4) is 0 Å². The van der Waals surface area contributed by atoms with E-state index in [1.165, 1.54) is 5.56 Å². The molecule has 1 amide bonds. The molecule has 1 fully saturated rings. The summed E-state index contributed by atoms with van der Waals surface area (Å²) in [5, 5.41) is 0. The van der Waals surface area contributed by atoms with Crippen LogP contribution in [0.4, 0.5) is 0 Å². The molecule has 0 spiro atoms. The van der Waals surface area contributed by atoms with E-state index >= 15 is 0 Å². The molecule has 0 bridgehead atoms. The van der Waals surface area contributed by atoms with E-state index in [2.05, 4.69) is 29.2 Å². The lowest BCUT2D eigenvalue weighted by Crippen LogP contribution is -2.33. The van der Waals surface area contributed by atoms with Crippen LogP contribution in [0, 0.1) is 5.92 Å². The third-order valence-electron chi connectivity index (χ3n) is 4.37. The molecule has 21 heavy (non-hydrogen) atoms. The number of rotatable bonds is 6. The van der Waals surface area contributed by atoms with Crippen molar-refractivity contribution in [1.29, 1.82) is 0 Å². The van der Waals surface area contributed by atoms with Gasteiger partial charge in [0.05, 0.1) is 7.11 Å². The van der Waals surface area contributed by atoms with Gasteiger partial charge in [-0.15, -0.1) is 0 Å². The summed E-state index contributed by atoms with van der Waals surface area (Å²) in [5.74, 6) is 1.62. The van der Waals surface area contributed by atoms with Crippen LogP contribution in [-0.4, -0.2) is 24.0 Å². The largest absolute Gasteiger partial charge is 0.497 e. The van der Waals surface area contributed by atoms with Crippen LogP contribution in [0.1, 0.15) is 37.7 Å². The van der Waals surface area contributed by atoms with Crippen molar-refractivity contribution in [2.75, 3.05) is 7.11 Å². The van der Waals surface area contributed by atoms with Crippen molar-refractivity contribution in [2.45, 2.75) is 44.7 Å². The van der Waals surface area contributed by atoms with Crippen molar-refractivity contribution in [3.8, 4) is 5.75 Å². The standard InChI is InChI=1S/C18H23NO2/c1-21-17-10-6-15(7-11-17)13-19(16-8-9-16)18(20)12-14-4-2-3-5-14/h2,4,6-7,10-11,14,16H,3,5,8-9,12-13H2,1H3. The summed E-state index contributed by atoms with van der Waals surface area (Å²) in [7, 11) is 1.67. The van der Waals surface area contributed by atoms with Gasteiger partial charge in [-0.2, -0.15) is 0 Å². The molecule has 0 aliphatic heterocycles. The number of hydrogen-bond donors (Lipinski definition) is 0. The Kier molecular flexibility index (Phi) is 4.28. The molecule has 1 aromatic carbocycles. The first-order valence-corrected chi connectivity index (χ1v) is 7.85. The van der Waals surface area contributed by atoms with Crippen LogP contribution < -0.4 is 4.74 Å². The van der Waals surface area contributed by atoms with Crippen molar-refractivity contribution in [1.82, 2.24) is 4.90 Å². The van der Waals surface area contributed by atoms with E-state index in [1.54, 1.807) is 7.11 Å². The molecule has 0 aromatic heterocycles. The van der Waals surface area contributed by atoms with Gasteiger partial charge in [0.2, 0.25) is 5.91 Å². The number of carbonyl (C=O) groups is 1. The molecule has 1 aromatic rings. The minimum absolute atomic E-state index is 0.310. The highest BCUT2D eigenvalue weighted by molar-refractivity contribution is 5.77. The third-order valence-corrected chi connectivity index (χ3v) is 4.37. The first-order valence-electron chi connectivity index (χ1n) is 7.85. The first kappa shape index (κ1) is 14.2. The van der Waals surface area contributed by atoms with Crippen LogP contribution in [0.5, 0.6) is 5.75 Å². The molecule has 2 aliphatic carbocycles. The Morgan fingerprint density at radius 3 is 2.57 bits per heavy atom. The maximum Gasteiger partial charge on any atom is 0.223 e. The number of carbonyl (C=O) groups excluding carboxylic acids is 1. The lowest BCUT2D eigenvalue weighted by molar-refractivity contribution is -0.133. The molecule has 112 valence electrons. The minimum atomic E-state index is 0.310. The van der Waals surface area contributed by atoms with E-state index in [0.717, 1.165) is 38.0 Å². The van der Waals surface area contributed by atoms with E-state index < -0.39 is 0 Å². The van der Waals surface area contributed by atoms with Crippen LogP contribution in [0.25, 0.3) is 0 Å². The smallest absolute Gasteiger partial charge is 0.223 e. The lowest BCUT2D eigenvalue weighted by Gasteiger charge is -2.24. The second-order valence-corrected chi connectivity index (χ2v) is 6.07. The molecule has 3 rings (SSSR count). The van der Waals surface area contributed by atoms with Gasteiger partial charge in [0, 0.05) is 19.0 Å². The average Bonchev–Trinajstić information content (AvgIpc) is 3.22. The highest BCUT2D eigenvalue weighted by Crippen LogP contribution is 2.31. The fourth-order valence-corrected chi connectivity index (χ4v) is 2.94. The summed E-state index contributed by atoms with van der Waals surface area (Å²) < 4.78 is 5.18. The number of nitrogens with zero attached hydrogens (tertiary/aromatic N) is 1. The summed E-state index contributed by atoms with van der Waals surface area (Å²) in [6, 6.07) is 8.49. The zero-order valence-electron chi connectivity index (χ0n) is 12.6. The Morgan fingerprint density at radius 2 is 2.00 bits per heavy atom. The summed E-state index contributed by atoms with van der Waals surface area (Å²) in [4.78, 5) is 14.7. The Morgan fingerprint density at radius 1 is 1.24 bits per heavy atom. The van der Waals surface area contributed by atoms with Crippen LogP contribution in [0.2, 0.25) is 0 Å². The third kappa shape index (κ3) is 3.66. The Hall–Kier alpha value is -1.77. The molecule has 1 saturated carbocycles. The lowest BCUT2D eigenvalue weighted by atomic mass is 10.0. The fourth-order valence-electron chi connectivity index (χ4n) is 2.94. The molecule has 0 heterocycles. The van der Waals surface area contributed by atoms with Gasteiger partial charge in [-0.25, -0.2) is 0 Å². The summed E-state index contributed by atoms with van der Waals surface area (Å²) >= 11 is 0. The SMILES string of the molecule is COc1ccc(CN(C(=O)CC2C=CCC2)C2CC2)cc1. The number of benzene rings is 1. The molecule has 3 heteroatoms. The maximum absolute atomic E-state index is 12.6. The van der Waals surface area contributed by atoms with Crippen molar-refractivity contribution >= 4 is 5.91 Å². The highest BCUT2D eigenvalue weighted by Gasteiger charge is 2.33. The molecule has 0 radical (unpaired) electrons. The van der Waals surface area contributed by atoms with Gasteiger partial charge in [-0.05, 0) is 49.3 Å².